The van der Waals surface area contributed by atoms with Crippen LogP contribution in [0, 0.1) is 0 Å². The Hall–Kier alpha value is 0.01000. The van der Waals surface area contributed by atoms with E-state index in [1.807, 2.05) is 11.8 Å². The number of rotatable bonds is 2. The van der Waals surface area contributed by atoms with Crippen LogP contribution in [-0.2, 0) is 6.42 Å². The monoisotopic (exact) mass is 285 g/mol. The summed E-state index contributed by atoms with van der Waals surface area (Å²) in [6.45, 7) is 5.70. The number of nitrogens with one attached hydrogen (secondary N) is 1. The summed E-state index contributed by atoms with van der Waals surface area (Å²) in [4.78, 5) is 0.216. The Bertz CT molecular complexity index is 338. The summed E-state index contributed by atoms with van der Waals surface area (Å²) in [6.07, 6.45) is 1.09. The van der Waals surface area contributed by atoms with E-state index in [0.717, 1.165) is 22.7 Å². The van der Waals surface area contributed by atoms with Crippen molar-refractivity contribution >= 4 is 27.7 Å². The van der Waals surface area contributed by atoms with Gasteiger partial charge in [-0.15, -0.1) is 11.8 Å². The molecule has 0 bridgehead atoms. The van der Waals surface area contributed by atoms with Gasteiger partial charge in [0.25, 0.3) is 0 Å². The zero-order valence-electron chi connectivity index (χ0n) is 9.09. The predicted molar refractivity (Wildman–Crippen MR) is 71.3 cm³/mol. The van der Waals surface area contributed by atoms with E-state index >= 15 is 0 Å². The largest absolute Gasteiger partial charge is 0.302 e. The van der Waals surface area contributed by atoms with Crippen LogP contribution in [0.15, 0.2) is 28.7 Å². The first-order valence-corrected chi connectivity index (χ1v) is 6.92. The second-order valence-electron chi connectivity index (χ2n) is 4.34. The van der Waals surface area contributed by atoms with Crippen LogP contribution in [0.4, 0.5) is 0 Å². The van der Waals surface area contributed by atoms with Crippen LogP contribution < -0.4 is 5.32 Å². The van der Waals surface area contributed by atoms with Crippen LogP contribution in [0.5, 0.6) is 0 Å². The van der Waals surface area contributed by atoms with Crippen LogP contribution in [-0.4, -0.2) is 16.7 Å². The van der Waals surface area contributed by atoms with Gasteiger partial charge < -0.3 is 5.32 Å². The summed E-state index contributed by atoms with van der Waals surface area (Å²) in [5.74, 6) is 0. The number of hydrogen-bond donors (Lipinski definition) is 1. The van der Waals surface area contributed by atoms with Gasteiger partial charge in [-0.1, -0.05) is 35.0 Å². The molecule has 0 aromatic heterocycles. The molecule has 2 rings (SSSR count). The molecule has 3 heteroatoms. The lowest BCUT2D eigenvalue weighted by atomic mass is 10.1. The highest BCUT2D eigenvalue weighted by molar-refractivity contribution is 9.10. The zero-order valence-corrected chi connectivity index (χ0v) is 11.5. The van der Waals surface area contributed by atoms with Gasteiger partial charge in [-0.3, -0.25) is 0 Å². The number of hydrogen-bond acceptors (Lipinski definition) is 2. The van der Waals surface area contributed by atoms with Crippen molar-refractivity contribution in [2.75, 3.05) is 6.54 Å². The molecular formula is C12H16BrNS. The maximum Gasteiger partial charge on any atom is 0.0660 e. The molecule has 0 aliphatic carbocycles. The molecule has 0 radical (unpaired) electrons. The Morgan fingerprint density at radius 2 is 2.13 bits per heavy atom. The molecule has 1 aliphatic rings. The number of halogens is 1. The van der Waals surface area contributed by atoms with Crippen molar-refractivity contribution in [2.45, 2.75) is 30.4 Å². The van der Waals surface area contributed by atoms with Crippen LogP contribution in [0.25, 0.3) is 0 Å². The molecular weight excluding hydrogens is 270 g/mol. The summed E-state index contributed by atoms with van der Waals surface area (Å²) < 4.78 is 1.15. The minimum Gasteiger partial charge on any atom is -0.302 e. The van der Waals surface area contributed by atoms with Gasteiger partial charge in [0.15, 0.2) is 0 Å². The lowest BCUT2D eigenvalue weighted by Gasteiger charge is -2.23. The van der Waals surface area contributed by atoms with E-state index in [-0.39, 0.29) is 4.87 Å². The SMILES string of the molecule is CC1CNC(C)(Cc2ccc(Br)cc2)S1. The average molecular weight is 286 g/mol. The van der Waals surface area contributed by atoms with E-state index < -0.39 is 0 Å². The quantitative estimate of drug-likeness (QED) is 0.894. The molecule has 1 saturated heterocycles. The lowest BCUT2D eigenvalue weighted by molar-refractivity contribution is 0.534. The summed E-state index contributed by atoms with van der Waals surface area (Å²) in [7, 11) is 0. The molecule has 0 saturated carbocycles. The van der Waals surface area contributed by atoms with Crippen LogP contribution >= 0.6 is 27.7 Å². The number of benzene rings is 1. The van der Waals surface area contributed by atoms with Crippen LogP contribution in [0.3, 0.4) is 0 Å². The fraction of sp³-hybridized carbons (Fsp3) is 0.500. The molecule has 1 heterocycles. The zero-order chi connectivity index (χ0) is 10.9. The summed E-state index contributed by atoms with van der Waals surface area (Å²) in [5.41, 5.74) is 1.40. The molecule has 1 aromatic carbocycles. The highest BCUT2D eigenvalue weighted by Gasteiger charge is 2.32. The van der Waals surface area contributed by atoms with E-state index in [4.69, 9.17) is 0 Å². The van der Waals surface area contributed by atoms with E-state index in [2.05, 4.69) is 59.4 Å². The predicted octanol–water partition coefficient (Wildman–Crippen LogP) is 3.43. The first-order chi connectivity index (χ1) is 7.07. The average Bonchev–Trinajstić information content (AvgIpc) is 2.50. The number of thioether (sulfide) groups is 1. The standard InChI is InChI=1S/C12H16BrNS/c1-9-8-14-12(2,15-9)7-10-3-5-11(13)6-4-10/h3-6,9,14H,7-8H2,1-2H3. The van der Waals surface area contributed by atoms with Crippen molar-refractivity contribution in [3.05, 3.63) is 34.3 Å². The molecule has 1 aromatic rings. The van der Waals surface area contributed by atoms with Gasteiger partial charge in [0, 0.05) is 16.3 Å². The van der Waals surface area contributed by atoms with Gasteiger partial charge in [0.1, 0.15) is 0 Å². The molecule has 1 N–H and O–H groups in total. The Morgan fingerprint density at radius 1 is 1.47 bits per heavy atom. The third kappa shape index (κ3) is 2.99. The van der Waals surface area contributed by atoms with Crippen LogP contribution in [0.2, 0.25) is 0 Å². The van der Waals surface area contributed by atoms with E-state index in [0.29, 0.717) is 0 Å². The fourth-order valence-electron chi connectivity index (χ4n) is 1.98. The smallest absolute Gasteiger partial charge is 0.0660 e. The third-order valence-corrected chi connectivity index (χ3v) is 4.59. The van der Waals surface area contributed by atoms with Gasteiger partial charge in [-0.25, -0.2) is 0 Å². The first kappa shape index (κ1) is 11.5. The summed E-state index contributed by atoms with van der Waals surface area (Å²) in [5, 5.41) is 4.32. The first-order valence-electron chi connectivity index (χ1n) is 5.25. The maximum absolute atomic E-state index is 3.60. The van der Waals surface area contributed by atoms with E-state index in [1.54, 1.807) is 0 Å². The molecule has 2 atom stereocenters. The van der Waals surface area contributed by atoms with Crippen molar-refractivity contribution < 1.29 is 0 Å². The maximum atomic E-state index is 3.60. The second-order valence-corrected chi connectivity index (χ2v) is 7.20. The molecule has 82 valence electrons. The second kappa shape index (κ2) is 4.48. The van der Waals surface area contributed by atoms with Gasteiger partial charge in [-0.2, -0.15) is 0 Å². The van der Waals surface area contributed by atoms with Crippen molar-refractivity contribution in [1.29, 1.82) is 0 Å². The molecule has 1 nitrogen and oxygen atoms in total. The Labute approximate surface area is 104 Å². The Kier molecular flexibility index (Phi) is 3.43. The van der Waals surface area contributed by atoms with Crippen molar-refractivity contribution in [3.8, 4) is 0 Å². The molecule has 2 unspecified atom stereocenters. The normalized spacial score (nSPS) is 30.7. The third-order valence-electron chi connectivity index (χ3n) is 2.68. The minimum atomic E-state index is 0.216. The highest BCUT2D eigenvalue weighted by Crippen LogP contribution is 2.35. The topological polar surface area (TPSA) is 12.0 Å². The van der Waals surface area contributed by atoms with Gasteiger partial charge in [0.2, 0.25) is 0 Å². The van der Waals surface area contributed by atoms with Gasteiger partial charge in [0.05, 0.1) is 4.87 Å². The van der Waals surface area contributed by atoms with E-state index in [1.165, 1.54) is 5.56 Å². The van der Waals surface area contributed by atoms with E-state index in [9.17, 15) is 0 Å². The van der Waals surface area contributed by atoms with Crippen molar-refractivity contribution in [1.82, 2.24) is 5.32 Å². The fourth-order valence-corrected chi connectivity index (χ4v) is 3.72. The summed E-state index contributed by atoms with van der Waals surface area (Å²) in [6, 6.07) is 8.62. The molecule has 0 amide bonds. The lowest BCUT2D eigenvalue weighted by Crippen LogP contribution is -2.35. The van der Waals surface area contributed by atoms with Crippen molar-refractivity contribution in [3.63, 3.8) is 0 Å². The van der Waals surface area contributed by atoms with Crippen molar-refractivity contribution in [2.24, 2.45) is 0 Å². The Balaban J connectivity index is 2.05. The Morgan fingerprint density at radius 3 is 2.67 bits per heavy atom. The highest BCUT2D eigenvalue weighted by atomic mass is 79.9. The molecule has 1 fully saturated rings. The molecule has 1 aliphatic heterocycles. The molecule has 15 heavy (non-hydrogen) atoms. The summed E-state index contributed by atoms with van der Waals surface area (Å²) >= 11 is 5.50. The van der Waals surface area contributed by atoms with Gasteiger partial charge >= 0.3 is 0 Å². The van der Waals surface area contributed by atoms with Gasteiger partial charge in [-0.05, 0) is 31.0 Å². The molecule has 0 spiro atoms. The van der Waals surface area contributed by atoms with Crippen LogP contribution in [0.1, 0.15) is 19.4 Å². The minimum absolute atomic E-state index is 0.216.